The van der Waals surface area contributed by atoms with Gasteiger partial charge in [0, 0.05) is 25.6 Å². The standard InChI is InChI=1S/C30H32ClN3O6S/c1-2-39-26-13-12-23(18-24(26)31)41(37,38)33-16-14-22(15-17-33)30(36)34-20-28(40-27-11-7-6-10-25(27)34)29(35)32-19-21-8-4-3-5-9-21/h3-13,18,22,28H,2,14-17,19-20H2,1H3,(H,32,35)/t28-/m0/s1. The maximum Gasteiger partial charge on any atom is 0.263 e. The highest BCUT2D eigenvalue weighted by atomic mass is 35.5. The molecule has 2 aliphatic heterocycles. The van der Waals surface area contributed by atoms with Gasteiger partial charge in [-0.25, -0.2) is 8.42 Å². The number of hydrogen-bond acceptors (Lipinski definition) is 6. The molecule has 3 aromatic carbocycles. The molecular weight excluding hydrogens is 566 g/mol. The van der Waals surface area contributed by atoms with Gasteiger partial charge in [0.25, 0.3) is 5.91 Å². The Labute approximate surface area is 245 Å². The lowest BCUT2D eigenvalue weighted by Crippen LogP contribution is -2.53. The Kier molecular flexibility index (Phi) is 8.82. The predicted octanol–water partition coefficient (Wildman–Crippen LogP) is 4.25. The lowest BCUT2D eigenvalue weighted by molar-refractivity contribution is -0.129. The van der Waals surface area contributed by atoms with E-state index >= 15 is 0 Å². The van der Waals surface area contributed by atoms with Crippen molar-refractivity contribution in [3.05, 3.63) is 83.4 Å². The topological polar surface area (TPSA) is 105 Å². The van der Waals surface area contributed by atoms with E-state index in [4.69, 9.17) is 21.1 Å². The Bertz CT molecular complexity index is 1510. The summed E-state index contributed by atoms with van der Waals surface area (Å²) < 4.78 is 39.4. The van der Waals surface area contributed by atoms with E-state index in [0.717, 1.165) is 5.56 Å². The van der Waals surface area contributed by atoms with E-state index in [1.165, 1.54) is 16.4 Å². The highest BCUT2D eigenvalue weighted by molar-refractivity contribution is 7.89. The lowest BCUT2D eigenvalue weighted by Gasteiger charge is -2.38. The van der Waals surface area contributed by atoms with E-state index in [-0.39, 0.29) is 41.4 Å². The van der Waals surface area contributed by atoms with Crippen LogP contribution in [0.2, 0.25) is 5.02 Å². The van der Waals surface area contributed by atoms with Crippen LogP contribution in [0.5, 0.6) is 11.5 Å². The molecule has 2 heterocycles. The number of benzene rings is 3. The maximum atomic E-state index is 13.8. The third-order valence-electron chi connectivity index (χ3n) is 7.29. The van der Waals surface area contributed by atoms with Crippen LogP contribution in [0.15, 0.2) is 77.7 Å². The second kappa shape index (κ2) is 12.5. The van der Waals surface area contributed by atoms with Crippen LogP contribution in [0.25, 0.3) is 0 Å². The summed E-state index contributed by atoms with van der Waals surface area (Å²) >= 11 is 6.23. The van der Waals surface area contributed by atoms with Gasteiger partial charge in [0.2, 0.25) is 15.9 Å². The Morgan fingerprint density at radius 1 is 1.02 bits per heavy atom. The molecule has 2 aliphatic rings. The van der Waals surface area contributed by atoms with Gasteiger partial charge < -0.3 is 19.7 Å². The number of piperidine rings is 1. The summed E-state index contributed by atoms with van der Waals surface area (Å²) in [5.74, 6) is 0.0260. The van der Waals surface area contributed by atoms with Crippen LogP contribution in [-0.2, 0) is 26.2 Å². The van der Waals surface area contributed by atoms with Crippen LogP contribution < -0.4 is 19.7 Å². The van der Waals surface area contributed by atoms with Crippen molar-refractivity contribution in [3.63, 3.8) is 0 Å². The van der Waals surface area contributed by atoms with Crippen molar-refractivity contribution < 1.29 is 27.5 Å². The molecular formula is C30H32ClN3O6S. The molecule has 0 unspecified atom stereocenters. The number of nitrogens with one attached hydrogen (secondary N) is 1. The number of anilines is 1. The van der Waals surface area contributed by atoms with Gasteiger partial charge in [0.1, 0.15) is 11.5 Å². The van der Waals surface area contributed by atoms with E-state index in [2.05, 4.69) is 5.32 Å². The molecule has 0 spiro atoms. The summed E-state index contributed by atoms with van der Waals surface area (Å²) in [6, 6.07) is 21.1. The number of amides is 2. The molecule has 0 bridgehead atoms. The smallest absolute Gasteiger partial charge is 0.263 e. The summed E-state index contributed by atoms with van der Waals surface area (Å²) in [5.41, 5.74) is 1.56. The molecule has 9 nitrogen and oxygen atoms in total. The van der Waals surface area contributed by atoms with Crippen molar-refractivity contribution in [1.82, 2.24) is 9.62 Å². The Balaban J connectivity index is 1.25. The van der Waals surface area contributed by atoms with E-state index in [1.807, 2.05) is 43.3 Å². The zero-order chi connectivity index (χ0) is 29.0. The number of fused-ring (bicyclic) bond motifs is 1. The van der Waals surface area contributed by atoms with E-state index in [0.29, 0.717) is 43.2 Å². The van der Waals surface area contributed by atoms with E-state index in [9.17, 15) is 18.0 Å². The summed E-state index contributed by atoms with van der Waals surface area (Å²) in [7, 11) is -3.79. The van der Waals surface area contributed by atoms with Gasteiger partial charge in [0.15, 0.2) is 6.10 Å². The largest absolute Gasteiger partial charge is 0.492 e. The van der Waals surface area contributed by atoms with Gasteiger partial charge in [-0.1, -0.05) is 54.1 Å². The number of sulfonamides is 1. The van der Waals surface area contributed by atoms with Crippen molar-refractivity contribution in [3.8, 4) is 11.5 Å². The number of nitrogens with zero attached hydrogens (tertiary/aromatic N) is 2. The van der Waals surface area contributed by atoms with E-state index < -0.39 is 22.0 Å². The number of carbonyl (C=O) groups excluding carboxylic acids is 2. The first kappa shape index (κ1) is 28.9. The summed E-state index contributed by atoms with van der Waals surface area (Å²) in [5, 5.41) is 3.13. The van der Waals surface area contributed by atoms with Crippen LogP contribution >= 0.6 is 11.6 Å². The number of para-hydroxylation sites is 2. The van der Waals surface area contributed by atoms with Crippen molar-refractivity contribution in [2.75, 3.05) is 31.1 Å². The molecule has 3 aromatic rings. The lowest BCUT2D eigenvalue weighted by atomic mass is 9.95. The fraction of sp³-hybridized carbons (Fsp3) is 0.333. The molecule has 5 rings (SSSR count). The van der Waals surface area contributed by atoms with Crippen LogP contribution in [0.1, 0.15) is 25.3 Å². The summed E-state index contributed by atoms with van der Waals surface area (Å²) in [4.78, 5) is 28.5. The Morgan fingerprint density at radius 2 is 1.73 bits per heavy atom. The van der Waals surface area contributed by atoms with Gasteiger partial charge >= 0.3 is 0 Å². The molecule has 41 heavy (non-hydrogen) atoms. The minimum absolute atomic E-state index is 0.0691. The third-order valence-corrected chi connectivity index (χ3v) is 9.48. The predicted molar refractivity (Wildman–Crippen MR) is 156 cm³/mol. The molecule has 1 N–H and O–H groups in total. The van der Waals surface area contributed by atoms with Crippen LogP contribution in [0.3, 0.4) is 0 Å². The third kappa shape index (κ3) is 6.34. The minimum Gasteiger partial charge on any atom is -0.492 e. The van der Waals surface area contributed by atoms with Crippen molar-refractivity contribution in [2.24, 2.45) is 5.92 Å². The zero-order valence-electron chi connectivity index (χ0n) is 22.7. The average molecular weight is 598 g/mol. The van der Waals surface area contributed by atoms with Crippen molar-refractivity contribution >= 4 is 39.1 Å². The van der Waals surface area contributed by atoms with E-state index in [1.54, 1.807) is 29.2 Å². The highest BCUT2D eigenvalue weighted by Crippen LogP contribution is 2.36. The van der Waals surface area contributed by atoms with Gasteiger partial charge in [-0.2, -0.15) is 4.31 Å². The molecule has 0 saturated carbocycles. The highest BCUT2D eigenvalue weighted by Gasteiger charge is 2.39. The minimum atomic E-state index is -3.79. The van der Waals surface area contributed by atoms with Gasteiger partial charge in [-0.15, -0.1) is 0 Å². The number of rotatable bonds is 8. The number of halogens is 1. The SMILES string of the molecule is CCOc1ccc(S(=O)(=O)N2CCC(C(=O)N3C[C@@H](C(=O)NCc4ccccc4)Oc4ccccc43)CC2)cc1Cl. The number of ether oxygens (including phenoxy) is 2. The first-order valence-corrected chi connectivity index (χ1v) is 15.4. The van der Waals surface area contributed by atoms with Crippen LogP contribution in [-0.4, -0.2) is 56.9 Å². The van der Waals surface area contributed by atoms with Gasteiger partial charge in [-0.05, 0) is 55.7 Å². The first-order chi connectivity index (χ1) is 19.8. The van der Waals surface area contributed by atoms with Crippen molar-refractivity contribution in [1.29, 1.82) is 0 Å². The molecule has 0 aliphatic carbocycles. The summed E-state index contributed by atoms with van der Waals surface area (Å²) in [6.07, 6.45) is -0.164. The quantitative estimate of drug-likeness (QED) is 0.416. The molecule has 1 fully saturated rings. The summed E-state index contributed by atoms with van der Waals surface area (Å²) in [6.45, 7) is 3.04. The molecule has 2 amide bonds. The van der Waals surface area contributed by atoms with Gasteiger partial charge in [-0.3, -0.25) is 9.59 Å². The molecule has 0 aromatic heterocycles. The fourth-order valence-corrected chi connectivity index (χ4v) is 6.90. The van der Waals surface area contributed by atoms with Crippen LogP contribution in [0.4, 0.5) is 5.69 Å². The normalized spacial score (nSPS) is 17.8. The molecule has 1 saturated heterocycles. The maximum absolute atomic E-state index is 13.8. The zero-order valence-corrected chi connectivity index (χ0v) is 24.2. The monoisotopic (exact) mass is 597 g/mol. The first-order valence-electron chi connectivity index (χ1n) is 13.6. The Hall–Kier alpha value is -3.60. The molecule has 216 valence electrons. The molecule has 11 heteroatoms. The average Bonchev–Trinajstić information content (AvgIpc) is 3.00. The van der Waals surface area contributed by atoms with Gasteiger partial charge in [0.05, 0.1) is 28.8 Å². The second-order valence-electron chi connectivity index (χ2n) is 9.93. The Morgan fingerprint density at radius 3 is 2.44 bits per heavy atom. The molecule has 0 radical (unpaired) electrons. The number of carbonyl (C=O) groups is 2. The fourth-order valence-electron chi connectivity index (χ4n) is 5.11. The number of hydrogen-bond donors (Lipinski definition) is 1. The van der Waals surface area contributed by atoms with Crippen molar-refractivity contribution in [2.45, 2.75) is 37.3 Å². The van der Waals surface area contributed by atoms with Crippen LogP contribution in [0, 0.1) is 5.92 Å². The second-order valence-corrected chi connectivity index (χ2v) is 12.3. The molecule has 1 atom stereocenters.